The molecule has 0 N–H and O–H groups in total. The van der Waals surface area contributed by atoms with Crippen molar-refractivity contribution in [2.45, 2.75) is 49.4 Å². The highest BCUT2D eigenvalue weighted by Gasteiger charge is 2.53. The molecule has 3 saturated heterocycles. The largest absolute Gasteiger partial charge is 0.454 e. The van der Waals surface area contributed by atoms with Gasteiger partial charge in [-0.3, -0.25) is 9.59 Å². The number of piperazine rings is 1. The fourth-order valence-corrected chi connectivity index (χ4v) is 7.77. The van der Waals surface area contributed by atoms with Gasteiger partial charge in [-0.15, -0.1) is 11.8 Å². The monoisotopic (exact) mass is 495 g/mol. The molecule has 0 aliphatic carbocycles. The molecular formula is C22H29N3O6S2. The summed E-state index contributed by atoms with van der Waals surface area (Å²) >= 11 is 1.57. The number of rotatable bonds is 5. The van der Waals surface area contributed by atoms with Gasteiger partial charge in [0.1, 0.15) is 6.04 Å². The van der Waals surface area contributed by atoms with E-state index in [1.807, 2.05) is 19.9 Å². The van der Waals surface area contributed by atoms with Crippen LogP contribution in [0.1, 0.15) is 30.9 Å². The molecule has 3 fully saturated rings. The first-order chi connectivity index (χ1) is 15.5. The number of aryl methyl sites for hydroxylation is 2. The van der Waals surface area contributed by atoms with Crippen LogP contribution in [0.25, 0.3) is 0 Å². The highest BCUT2D eigenvalue weighted by molar-refractivity contribution is 8.01. The normalized spacial score (nSPS) is 25.9. The number of thioether (sulfide) groups is 1. The Hall–Kier alpha value is -2.11. The van der Waals surface area contributed by atoms with E-state index in [9.17, 15) is 22.8 Å². The van der Waals surface area contributed by atoms with Crippen LogP contribution in [0.15, 0.2) is 23.1 Å². The van der Waals surface area contributed by atoms with Gasteiger partial charge in [-0.1, -0.05) is 17.7 Å². The van der Waals surface area contributed by atoms with Gasteiger partial charge in [0.2, 0.25) is 15.9 Å². The average molecular weight is 496 g/mol. The second-order valence-electron chi connectivity index (χ2n) is 8.93. The van der Waals surface area contributed by atoms with Crippen molar-refractivity contribution in [3.8, 4) is 0 Å². The van der Waals surface area contributed by atoms with Crippen molar-refractivity contribution in [2.75, 3.05) is 38.5 Å². The lowest BCUT2D eigenvalue weighted by Gasteiger charge is -2.34. The smallest absolute Gasteiger partial charge is 0.330 e. The molecule has 2 amide bonds. The van der Waals surface area contributed by atoms with Gasteiger partial charge in [0.25, 0.3) is 5.91 Å². The summed E-state index contributed by atoms with van der Waals surface area (Å²) in [5, 5.41) is 0. The first kappa shape index (κ1) is 24.0. The molecule has 9 nitrogen and oxygen atoms in total. The molecule has 0 spiro atoms. The topological polar surface area (TPSA) is 104 Å². The van der Waals surface area contributed by atoms with Crippen LogP contribution in [0.3, 0.4) is 0 Å². The highest BCUT2D eigenvalue weighted by Crippen LogP contribution is 2.47. The van der Waals surface area contributed by atoms with Gasteiger partial charge in [-0.2, -0.15) is 4.31 Å². The van der Waals surface area contributed by atoms with Gasteiger partial charge in [0.15, 0.2) is 6.61 Å². The number of carbonyl (C=O) groups is 3. The van der Waals surface area contributed by atoms with Crippen molar-refractivity contribution >= 4 is 39.6 Å². The maximum atomic E-state index is 13.0. The Morgan fingerprint density at radius 1 is 1.18 bits per heavy atom. The Bertz CT molecular complexity index is 1080. The maximum absolute atomic E-state index is 13.0. The van der Waals surface area contributed by atoms with E-state index in [1.54, 1.807) is 35.7 Å². The molecule has 3 aliphatic rings. The van der Waals surface area contributed by atoms with Crippen molar-refractivity contribution in [3.05, 3.63) is 29.3 Å². The number of hydrogen-bond donors (Lipinski definition) is 0. The lowest BCUT2D eigenvalue weighted by atomic mass is 10.2. The summed E-state index contributed by atoms with van der Waals surface area (Å²) in [7, 11) is -3.64. The third-order valence-corrected chi connectivity index (χ3v) is 10.2. The van der Waals surface area contributed by atoms with Crippen molar-refractivity contribution in [2.24, 2.45) is 0 Å². The van der Waals surface area contributed by atoms with Crippen molar-refractivity contribution < 1.29 is 27.5 Å². The third kappa shape index (κ3) is 4.50. The summed E-state index contributed by atoms with van der Waals surface area (Å²) < 4.78 is 32.7. The second kappa shape index (κ2) is 8.92. The number of benzene rings is 1. The van der Waals surface area contributed by atoms with Crippen molar-refractivity contribution in [1.82, 2.24) is 14.1 Å². The van der Waals surface area contributed by atoms with E-state index in [-0.39, 0.29) is 47.8 Å². The molecule has 4 rings (SSSR count). The van der Waals surface area contributed by atoms with Crippen LogP contribution >= 0.6 is 11.8 Å². The molecule has 0 aromatic heterocycles. The number of carbonyl (C=O) groups excluding carboxylic acids is 3. The van der Waals surface area contributed by atoms with Gasteiger partial charge >= 0.3 is 5.97 Å². The quantitative estimate of drug-likeness (QED) is 0.564. The SMILES string of the molecule is Cc1ccc(S(=O)(=O)N2CCN(C(=O)COC(=O)[C@H]3CS[C@]4(C)CCC(=O)N34)CC2)c(C)c1. The fraction of sp³-hybridized carbons (Fsp3) is 0.591. The summed E-state index contributed by atoms with van der Waals surface area (Å²) in [6.07, 6.45) is 1.12. The van der Waals surface area contributed by atoms with E-state index < -0.39 is 28.6 Å². The van der Waals surface area contributed by atoms with Crippen LogP contribution in [0.2, 0.25) is 0 Å². The Morgan fingerprint density at radius 3 is 2.55 bits per heavy atom. The van der Waals surface area contributed by atoms with Crippen LogP contribution in [-0.2, 0) is 29.1 Å². The van der Waals surface area contributed by atoms with Crippen LogP contribution < -0.4 is 0 Å². The van der Waals surface area contributed by atoms with Crippen molar-refractivity contribution in [1.29, 1.82) is 0 Å². The zero-order valence-corrected chi connectivity index (χ0v) is 20.7. The minimum Gasteiger partial charge on any atom is -0.454 e. The lowest BCUT2D eigenvalue weighted by Crippen LogP contribution is -2.52. The predicted octanol–water partition coefficient (Wildman–Crippen LogP) is 1.13. The van der Waals surface area contributed by atoms with Crippen LogP contribution in [-0.4, -0.2) is 89.8 Å². The van der Waals surface area contributed by atoms with Crippen LogP contribution in [0, 0.1) is 13.8 Å². The molecule has 3 aliphatic heterocycles. The number of ether oxygens (including phenoxy) is 1. The maximum Gasteiger partial charge on any atom is 0.330 e. The number of esters is 1. The molecule has 2 atom stereocenters. The molecule has 0 radical (unpaired) electrons. The number of amides is 2. The van der Waals surface area contributed by atoms with Gasteiger partial charge in [0.05, 0.1) is 9.77 Å². The molecule has 0 unspecified atom stereocenters. The summed E-state index contributed by atoms with van der Waals surface area (Å²) in [5.41, 5.74) is 1.68. The van der Waals surface area contributed by atoms with E-state index >= 15 is 0 Å². The molecule has 180 valence electrons. The van der Waals surface area contributed by atoms with E-state index in [4.69, 9.17) is 4.74 Å². The Balaban J connectivity index is 1.30. The number of sulfonamides is 1. The Kier molecular flexibility index (Phi) is 6.49. The summed E-state index contributed by atoms with van der Waals surface area (Å²) in [4.78, 5) is 40.4. The highest BCUT2D eigenvalue weighted by atomic mass is 32.2. The fourth-order valence-electron chi connectivity index (χ4n) is 4.72. The zero-order chi connectivity index (χ0) is 24.0. The summed E-state index contributed by atoms with van der Waals surface area (Å²) in [6, 6.07) is 4.56. The molecule has 0 saturated carbocycles. The Labute approximate surface area is 198 Å². The van der Waals surface area contributed by atoms with E-state index in [2.05, 4.69) is 0 Å². The van der Waals surface area contributed by atoms with Gasteiger partial charge in [-0.25, -0.2) is 13.2 Å². The van der Waals surface area contributed by atoms with E-state index in [0.29, 0.717) is 24.2 Å². The van der Waals surface area contributed by atoms with Gasteiger partial charge < -0.3 is 14.5 Å². The van der Waals surface area contributed by atoms with Crippen molar-refractivity contribution in [3.63, 3.8) is 0 Å². The second-order valence-corrected chi connectivity index (χ2v) is 12.3. The zero-order valence-electron chi connectivity index (χ0n) is 19.1. The standard InChI is InChI=1S/C22H29N3O6S2/c1-15-4-5-18(16(2)12-15)33(29,30)24-10-8-23(9-11-24)20(27)13-31-21(28)17-14-32-22(3)7-6-19(26)25(17)22/h4-5,12,17H,6-11,13-14H2,1-3H3/t17-,22-/m1/s1. The third-order valence-electron chi connectivity index (χ3n) is 6.59. The summed E-state index contributed by atoms with van der Waals surface area (Å²) in [5.74, 6) is -0.527. The molecule has 1 aromatic carbocycles. The number of nitrogens with zero attached hydrogens (tertiary/aromatic N) is 3. The molecular weight excluding hydrogens is 466 g/mol. The van der Waals surface area contributed by atoms with Crippen LogP contribution in [0.4, 0.5) is 0 Å². The summed E-state index contributed by atoms with van der Waals surface area (Å²) in [6.45, 7) is 6.02. The molecule has 3 heterocycles. The van der Waals surface area contributed by atoms with Gasteiger partial charge in [0, 0.05) is 38.4 Å². The van der Waals surface area contributed by atoms with E-state index in [1.165, 1.54) is 9.21 Å². The van der Waals surface area contributed by atoms with E-state index in [0.717, 1.165) is 5.56 Å². The number of hydrogen-bond acceptors (Lipinski definition) is 7. The minimum atomic E-state index is -3.64. The first-order valence-electron chi connectivity index (χ1n) is 11.0. The minimum absolute atomic E-state index is 0.0584. The molecule has 1 aromatic rings. The number of fused-ring (bicyclic) bond motifs is 1. The Morgan fingerprint density at radius 2 is 1.88 bits per heavy atom. The lowest BCUT2D eigenvalue weighted by molar-refractivity contribution is -0.158. The molecule has 11 heteroatoms. The first-order valence-corrected chi connectivity index (χ1v) is 13.4. The van der Waals surface area contributed by atoms with Crippen LogP contribution in [0.5, 0.6) is 0 Å². The van der Waals surface area contributed by atoms with Gasteiger partial charge in [-0.05, 0) is 38.8 Å². The average Bonchev–Trinajstić information content (AvgIpc) is 3.27. The molecule has 33 heavy (non-hydrogen) atoms. The molecule has 0 bridgehead atoms. The predicted molar refractivity (Wildman–Crippen MR) is 123 cm³/mol.